The molecule has 4 nitrogen and oxygen atoms in total. The molecule has 0 amide bonds. The van der Waals surface area contributed by atoms with Crippen molar-refractivity contribution in [1.82, 2.24) is 0 Å². The number of carbonyl (C=O) groups is 1. The van der Waals surface area contributed by atoms with Crippen molar-refractivity contribution in [3.8, 4) is 0 Å². The van der Waals surface area contributed by atoms with Crippen molar-refractivity contribution < 1.29 is 19.4 Å². The van der Waals surface area contributed by atoms with E-state index in [0.29, 0.717) is 0 Å². The highest BCUT2D eigenvalue weighted by molar-refractivity contribution is 5.57. The highest BCUT2D eigenvalue weighted by atomic mass is 16.7. The summed E-state index contributed by atoms with van der Waals surface area (Å²) in [5.74, 6) is 0. The number of hydrogen-bond acceptors (Lipinski definition) is 3. The van der Waals surface area contributed by atoms with Crippen molar-refractivity contribution >= 4 is 6.16 Å². The normalized spacial score (nSPS) is 23.4. The second-order valence-corrected chi connectivity index (χ2v) is 3.97. The zero-order chi connectivity index (χ0) is 11.1. The van der Waals surface area contributed by atoms with E-state index in [2.05, 4.69) is 6.92 Å². The van der Waals surface area contributed by atoms with Crippen LogP contribution in [0.2, 0.25) is 0 Å². The first-order chi connectivity index (χ1) is 7.24. The highest BCUT2D eigenvalue weighted by Gasteiger charge is 2.27. The summed E-state index contributed by atoms with van der Waals surface area (Å²) < 4.78 is 10.4. The van der Waals surface area contributed by atoms with Gasteiger partial charge in [-0.1, -0.05) is 13.3 Å². The van der Waals surface area contributed by atoms with Crippen LogP contribution in [-0.4, -0.2) is 30.1 Å². The largest absolute Gasteiger partial charge is 0.506 e. The molecule has 2 atom stereocenters. The molecule has 15 heavy (non-hydrogen) atoms. The zero-order valence-corrected chi connectivity index (χ0v) is 9.28. The first-order valence-corrected chi connectivity index (χ1v) is 5.75. The standard InChI is InChI=1S/C11H20O4/c1-2-3-6-10(15-11(12)13)9-7-4-5-8-14-9/h9-10H,2-8H2,1H3,(H,12,13). The molecule has 1 aliphatic rings. The zero-order valence-electron chi connectivity index (χ0n) is 9.28. The fraction of sp³-hybridized carbons (Fsp3) is 0.909. The van der Waals surface area contributed by atoms with Crippen LogP contribution in [0.15, 0.2) is 0 Å². The van der Waals surface area contributed by atoms with Crippen LogP contribution in [0.5, 0.6) is 0 Å². The molecule has 1 fully saturated rings. The molecule has 4 heteroatoms. The predicted molar refractivity (Wildman–Crippen MR) is 56.0 cm³/mol. The molecular weight excluding hydrogens is 196 g/mol. The Kier molecular flexibility index (Phi) is 5.47. The van der Waals surface area contributed by atoms with Gasteiger partial charge < -0.3 is 14.6 Å². The van der Waals surface area contributed by atoms with Gasteiger partial charge >= 0.3 is 6.16 Å². The van der Waals surface area contributed by atoms with Crippen LogP contribution in [-0.2, 0) is 9.47 Å². The molecule has 0 aromatic rings. The Bertz CT molecular complexity index is 187. The van der Waals surface area contributed by atoms with Crippen molar-refractivity contribution in [3.05, 3.63) is 0 Å². The lowest BCUT2D eigenvalue weighted by Gasteiger charge is -2.29. The maximum Gasteiger partial charge on any atom is 0.506 e. The lowest BCUT2D eigenvalue weighted by atomic mass is 10.00. The smallest absolute Gasteiger partial charge is 0.450 e. The van der Waals surface area contributed by atoms with Gasteiger partial charge in [-0.2, -0.15) is 0 Å². The van der Waals surface area contributed by atoms with E-state index >= 15 is 0 Å². The number of rotatable bonds is 5. The molecule has 0 aromatic heterocycles. The number of ether oxygens (including phenoxy) is 2. The van der Waals surface area contributed by atoms with Crippen LogP contribution >= 0.6 is 0 Å². The first kappa shape index (κ1) is 12.3. The summed E-state index contributed by atoms with van der Waals surface area (Å²) in [6.45, 7) is 2.82. The van der Waals surface area contributed by atoms with Gasteiger partial charge in [-0.05, 0) is 32.1 Å². The van der Waals surface area contributed by atoms with E-state index in [1.165, 1.54) is 0 Å². The summed E-state index contributed by atoms with van der Waals surface area (Å²) in [6.07, 6.45) is 4.41. The third-order valence-corrected chi connectivity index (χ3v) is 2.72. The van der Waals surface area contributed by atoms with Gasteiger partial charge in [0.1, 0.15) is 6.10 Å². The molecule has 0 bridgehead atoms. The van der Waals surface area contributed by atoms with E-state index in [4.69, 9.17) is 14.6 Å². The monoisotopic (exact) mass is 216 g/mol. The maximum atomic E-state index is 10.5. The third-order valence-electron chi connectivity index (χ3n) is 2.72. The van der Waals surface area contributed by atoms with Crippen LogP contribution < -0.4 is 0 Å². The SMILES string of the molecule is CCCCC(OC(=O)O)C1CCCCO1. The second-order valence-electron chi connectivity index (χ2n) is 3.97. The Hall–Kier alpha value is -0.770. The van der Waals surface area contributed by atoms with E-state index in [1.54, 1.807) is 0 Å². The van der Waals surface area contributed by atoms with E-state index < -0.39 is 6.16 Å². The van der Waals surface area contributed by atoms with Gasteiger partial charge in [0.25, 0.3) is 0 Å². The Labute approximate surface area is 90.6 Å². The molecule has 1 saturated heterocycles. The van der Waals surface area contributed by atoms with Crippen molar-refractivity contribution in [2.45, 2.75) is 57.7 Å². The summed E-state index contributed by atoms with van der Waals surface area (Å²) in [5.41, 5.74) is 0. The third kappa shape index (κ3) is 4.51. The average Bonchev–Trinajstić information content (AvgIpc) is 2.25. The van der Waals surface area contributed by atoms with Gasteiger partial charge in [0.15, 0.2) is 0 Å². The summed E-state index contributed by atoms with van der Waals surface area (Å²) >= 11 is 0. The Morgan fingerprint density at radius 2 is 2.40 bits per heavy atom. The lowest BCUT2D eigenvalue weighted by molar-refractivity contribution is -0.0787. The van der Waals surface area contributed by atoms with Crippen molar-refractivity contribution in [2.75, 3.05) is 6.61 Å². The fourth-order valence-corrected chi connectivity index (χ4v) is 1.91. The number of carboxylic acid groups (broad SMARTS) is 1. The summed E-state index contributed by atoms with van der Waals surface area (Å²) in [5, 5.41) is 8.64. The van der Waals surface area contributed by atoms with Gasteiger partial charge in [0.05, 0.1) is 6.10 Å². The van der Waals surface area contributed by atoms with Crippen LogP contribution in [0.4, 0.5) is 4.79 Å². The maximum absolute atomic E-state index is 10.5. The Morgan fingerprint density at radius 1 is 1.60 bits per heavy atom. The molecule has 0 saturated carbocycles. The average molecular weight is 216 g/mol. The molecule has 0 radical (unpaired) electrons. The molecule has 2 unspecified atom stereocenters. The molecule has 1 rings (SSSR count). The predicted octanol–water partition coefficient (Wildman–Crippen LogP) is 2.81. The number of unbranched alkanes of at least 4 members (excludes halogenated alkanes) is 1. The minimum absolute atomic E-state index is 0.0265. The van der Waals surface area contributed by atoms with Gasteiger partial charge in [-0.15, -0.1) is 0 Å². The van der Waals surface area contributed by atoms with Crippen molar-refractivity contribution in [3.63, 3.8) is 0 Å². The summed E-state index contributed by atoms with van der Waals surface area (Å²) in [6, 6.07) is 0. The van der Waals surface area contributed by atoms with Crippen LogP contribution in [0.3, 0.4) is 0 Å². The van der Waals surface area contributed by atoms with Crippen molar-refractivity contribution in [2.24, 2.45) is 0 Å². The quantitative estimate of drug-likeness (QED) is 0.718. The molecule has 1 aliphatic heterocycles. The fourth-order valence-electron chi connectivity index (χ4n) is 1.91. The molecule has 1 N–H and O–H groups in total. The first-order valence-electron chi connectivity index (χ1n) is 5.75. The van der Waals surface area contributed by atoms with Gasteiger partial charge in [-0.25, -0.2) is 4.79 Å². The van der Waals surface area contributed by atoms with E-state index in [0.717, 1.165) is 45.1 Å². The molecule has 0 aromatic carbocycles. The van der Waals surface area contributed by atoms with Crippen molar-refractivity contribution in [1.29, 1.82) is 0 Å². The minimum atomic E-state index is -1.19. The highest BCUT2D eigenvalue weighted by Crippen LogP contribution is 2.21. The summed E-state index contributed by atoms with van der Waals surface area (Å²) in [7, 11) is 0. The van der Waals surface area contributed by atoms with E-state index in [9.17, 15) is 4.79 Å². The Balaban J connectivity index is 2.41. The van der Waals surface area contributed by atoms with Gasteiger partial charge in [0.2, 0.25) is 0 Å². The molecule has 88 valence electrons. The van der Waals surface area contributed by atoms with Crippen LogP contribution in [0.1, 0.15) is 45.4 Å². The van der Waals surface area contributed by atoms with Gasteiger partial charge in [-0.3, -0.25) is 0 Å². The van der Waals surface area contributed by atoms with Crippen LogP contribution in [0, 0.1) is 0 Å². The van der Waals surface area contributed by atoms with E-state index in [-0.39, 0.29) is 12.2 Å². The molecular formula is C11H20O4. The Morgan fingerprint density at radius 3 is 2.93 bits per heavy atom. The second kappa shape index (κ2) is 6.67. The van der Waals surface area contributed by atoms with Gasteiger partial charge in [0, 0.05) is 6.61 Å². The van der Waals surface area contributed by atoms with Crippen LogP contribution in [0.25, 0.3) is 0 Å². The topological polar surface area (TPSA) is 55.8 Å². The molecule has 0 spiro atoms. The summed E-state index contributed by atoms with van der Waals surface area (Å²) in [4.78, 5) is 10.5. The molecule has 1 heterocycles. The van der Waals surface area contributed by atoms with E-state index in [1.807, 2.05) is 0 Å². The molecule has 0 aliphatic carbocycles. The number of hydrogen-bond donors (Lipinski definition) is 1. The lowest BCUT2D eigenvalue weighted by Crippen LogP contribution is -2.35. The minimum Gasteiger partial charge on any atom is -0.450 e.